The molecule has 1 rings (SSSR count). The molecule has 0 amide bonds. The summed E-state index contributed by atoms with van der Waals surface area (Å²) in [6.07, 6.45) is 0. The lowest BCUT2D eigenvalue weighted by molar-refractivity contribution is 0.0693. The van der Waals surface area contributed by atoms with Crippen molar-refractivity contribution in [3.8, 4) is 11.5 Å². The molecule has 0 saturated heterocycles. The number of carboxylic acid groups (broad SMARTS) is 1. The topological polar surface area (TPSA) is 55.8 Å². The van der Waals surface area contributed by atoms with E-state index in [1.54, 1.807) is 0 Å². The number of hydrogen-bond acceptors (Lipinski definition) is 3. The molecule has 0 aromatic heterocycles. The maximum Gasteiger partial charge on any atom is 0.339 e. The largest absolute Gasteiger partial charge is 0.541 e. The van der Waals surface area contributed by atoms with Crippen LogP contribution in [0.3, 0.4) is 0 Å². The van der Waals surface area contributed by atoms with Crippen molar-refractivity contribution < 1.29 is 23.5 Å². The average Bonchev–Trinajstić information content (AvgIpc) is 2.29. The zero-order chi connectivity index (χ0) is 15.7. The Labute approximate surface area is 119 Å². The zero-order valence-corrected chi connectivity index (χ0v) is 13.7. The van der Waals surface area contributed by atoms with Gasteiger partial charge in [0.05, 0.1) is 7.11 Å². The summed E-state index contributed by atoms with van der Waals surface area (Å²) in [5, 5.41) is 9.01. The van der Waals surface area contributed by atoms with Gasteiger partial charge < -0.3 is 14.3 Å². The molecule has 0 radical (unpaired) electrons. The Kier molecular flexibility index (Phi) is 4.48. The predicted octanol–water partition coefficient (Wildman–Crippen LogP) is 3.92. The average molecular weight is 300 g/mol. The van der Waals surface area contributed by atoms with E-state index in [4.69, 9.17) is 9.16 Å². The highest BCUT2D eigenvalue weighted by Gasteiger charge is 2.40. The van der Waals surface area contributed by atoms with Crippen molar-refractivity contribution in [3.63, 3.8) is 0 Å². The van der Waals surface area contributed by atoms with E-state index in [1.165, 1.54) is 19.2 Å². The van der Waals surface area contributed by atoms with E-state index in [9.17, 15) is 14.3 Å². The second-order valence-electron chi connectivity index (χ2n) is 6.13. The van der Waals surface area contributed by atoms with Crippen LogP contribution in [-0.2, 0) is 0 Å². The van der Waals surface area contributed by atoms with Gasteiger partial charge in [0.2, 0.25) is 5.82 Å². The molecular formula is C14H21FO4Si. The van der Waals surface area contributed by atoms with Gasteiger partial charge in [-0.3, -0.25) is 0 Å². The SMILES string of the molecule is COc1ccc(C(=O)O)c(O[Si](C)(C)C(C)(C)C)c1F. The second-order valence-corrected chi connectivity index (χ2v) is 10.9. The number of methoxy groups -OCH3 is 1. The van der Waals surface area contributed by atoms with E-state index in [-0.39, 0.29) is 22.1 Å². The van der Waals surface area contributed by atoms with Crippen LogP contribution in [-0.4, -0.2) is 26.5 Å². The van der Waals surface area contributed by atoms with Crippen LogP contribution in [0.2, 0.25) is 18.1 Å². The van der Waals surface area contributed by atoms with E-state index in [1.807, 2.05) is 33.9 Å². The first kappa shape index (κ1) is 16.5. The van der Waals surface area contributed by atoms with E-state index >= 15 is 0 Å². The van der Waals surface area contributed by atoms with Crippen molar-refractivity contribution in [1.29, 1.82) is 0 Å². The van der Waals surface area contributed by atoms with Crippen molar-refractivity contribution in [2.45, 2.75) is 38.9 Å². The lowest BCUT2D eigenvalue weighted by Gasteiger charge is -2.36. The highest BCUT2D eigenvalue weighted by atomic mass is 28.4. The van der Waals surface area contributed by atoms with Crippen LogP contribution in [0.25, 0.3) is 0 Å². The fourth-order valence-electron chi connectivity index (χ4n) is 1.37. The van der Waals surface area contributed by atoms with Gasteiger partial charge in [0, 0.05) is 0 Å². The van der Waals surface area contributed by atoms with E-state index < -0.39 is 20.1 Å². The standard InChI is InChI=1S/C14H21FO4Si/c1-14(2,3)20(5,6)19-12-9(13(16)17)7-8-10(18-4)11(12)15/h7-8H,1-6H3,(H,16,17). The van der Waals surface area contributed by atoms with Crippen LogP contribution in [0.15, 0.2) is 12.1 Å². The van der Waals surface area contributed by atoms with Crippen molar-refractivity contribution in [3.05, 3.63) is 23.5 Å². The smallest absolute Gasteiger partial charge is 0.339 e. The van der Waals surface area contributed by atoms with Gasteiger partial charge in [0.15, 0.2) is 11.5 Å². The molecule has 0 aliphatic carbocycles. The van der Waals surface area contributed by atoms with Crippen LogP contribution < -0.4 is 9.16 Å². The maximum atomic E-state index is 14.3. The molecule has 0 aliphatic heterocycles. The summed E-state index contributed by atoms with van der Waals surface area (Å²) in [6.45, 7) is 9.85. The molecule has 1 aromatic rings. The predicted molar refractivity (Wildman–Crippen MR) is 77.7 cm³/mol. The summed E-state index contributed by atoms with van der Waals surface area (Å²) >= 11 is 0. The number of aromatic carboxylic acids is 1. The van der Waals surface area contributed by atoms with Crippen LogP contribution >= 0.6 is 0 Å². The Hall–Kier alpha value is -1.56. The molecule has 0 unspecified atom stereocenters. The zero-order valence-electron chi connectivity index (χ0n) is 12.7. The minimum Gasteiger partial charge on any atom is -0.541 e. The molecule has 0 fully saturated rings. The van der Waals surface area contributed by atoms with E-state index in [2.05, 4.69) is 0 Å². The normalized spacial score (nSPS) is 12.2. The molecule has 20 heavy (non-hydrogen) atoms. The number of carboxylic acids is 1. The van der Waals surface area contributed by atoms with Crippen molar-refractivity contribution in [1.82, 2.24) is 0 Å². The van der Waals surface area contributed by atoms with Crippen LogP contribution in [0.5, 0.6) is 11.5 Å². The molecule has 1 N–H and O–H groups in total. The first-order chi connectivity index (χ1) is 9.01. The lowest BCUT2D eigenvalue weighted by atomic mass is 10.2. The fourth-order valence-corrected chi connectivity index (χ4v) is 2.39. The minimum atomic E-state index is -2.35. The number of halogens is 1. The summed E-state index contributed by atoms with van der Waals surface area (Å²) in [6, 6.07) is 2.59. The Bertz CT molecular complexity index is 521. The first-order valence-corrected chi connectivity index (χ1v) is 9.21. The third kappa shape index (κ3) is 3.12. The van der Waals surface area contributed by atoms with Gasteiger partial charge in [-0.05, 0) is 30.3 Å². The number of benzene rings is 1. The fraction of sp³-hybridized carbons (Fsp3) is 0.500. The van der Waals surface area contributed by atoms with Crippen molar-refractivity contribution in [2.24, 2.45) is 0 Å². The van der Waals surface area contributed by atoms with Crippen LogP contribution in [0.4, 0.5) is 4.39 Å². The van der Waals surface area contributed by atoms with Gasteiger partial charge in [-0.15, -0.1) is 0 Å². The van der Waals surface area contributed by atoms with E-state index in [0.717, 1.165) is 0 Å². The molecule has 0 aliphatic rings. The number of hydrogen-bond donors (Lipinski definition) is 1. The molecule has 0 bridgehead atoms. The quantitative estimate of drug-likeness (QED) is 0.856. The third-order valence-electron chi connectivity index (χ3n) is 3.68. The molecule has 4 nitrogen and oxygen atoms in total. The Morgan fingerprint density at radius 2 is 1.85 bits per heavy atom. The first-order valence-electron chi connectivity index (χ1n) is 6.30. The monoisotopic (exact) mass is 300 g/mol. The molecule has 0 spiro atoms. The van der Waals surface area contributed by atoms with Gasteiger partial charge in [-0.25, -0.2) is 4.79 Å². The molecule has 6 heteroatoms. The summed E-state index contributed by atoms with van der Waals surface area (Å²) in [4.78, 5) is 11.2. The van der Waals surface area contributed by atoms with Crippen LogP contribution in [0.1, 0.15) is 31.1 Å². The van der Waals surface area contributed by atoms with Gasteiger partial charge in [0.25, 0.3) is 8.32 Å². The second kappa shape index (κ2) is 5.44. The highest BCUT2D eigenvalue weighted by Crippen LogP contribution is 2.40. The molecular weight excluding hydrogens is 279 g/mol. The number of ether oxygens (including phenoxy) is 1. The molecule has 0 saturated carbocycles. The Balaban J connectivity index is 3.39. The molecule has 0 atom stereocenters. The summed E-state index contributed by atoms with van der Waals surface area (Å²) in [7, 11) is -1.02. The lowest BCUT2D eigenvalue weighted by Crippen LogP contribution is -2.44. The highest BCUT2D eigenvalue weighted by molar-refractivity contribution is 6.74. The maximum absolute atomic E-state index is 14.3. The van der Waals surface area contributed by atoms with Gasteiger partial charge in [0.1, 0.15) is 5.56 Å². The summed E-state index contributed by atoms with van der Waals surface area (Å²) in [5.41, 5.74) is -0.187. The van der Waals surface area contributed by atoms with Gasteiger partial charge in [-0.1, -0.05) is 20.8 Å². The minimum absolute atomic E-state index is 0.0243. The molecule has 112 valence electrons. The molecule has 1 aromatic carbocycles. The Morgan fingerprint density at radius 3 is 2.25 bits per heavy atom. The van der Waals surface area contributed by atoms with Gasteiger partial charge in [-0.2, -0.15) is 4.39 Å². The number of carbonyl (C=O) groups is 1. The van der Waals surface area contributed by atoms with Crippen LogP contribution in [0, 0.1) is 5.82 Å². The van der Waals surface area contributed by atoms with Crippen molar-refractivity contribution in [2.75, 3.05) is 7.11 Å². The Morgan fingerprint density at radius 1 is 1.30 bits per heavy atom. The van der Waals surface area contributed by atoms with Crippen molar-refractivity contribution >= 4 is 14.3 Å². The van der Waals surface area contributed by atoms with E-state index in [0.29, 0.717) is 0 Å². The summed E-state index contributed by atoms with van der Waals surface area (Å²) in [5.74, 6) is -2.25. The third-order valence-corrected chi connectivity index (χ3v) is 8.00. The summed E-state index contributed by atoms with van der Waals surface area (Å²) < 4.78 is 25.0. The number of rotatable bonds is 4. The molecule has 0 heterocycles. The van der Waals surface area contributed by atoms with Gasteiger partial charge >= 0.3 is 5.97 Å².